The smallest absolute Gasteiger partial charge is 0.00866 e. The lowest BCUT2D eigenvalue weighted by atomic mass is 10.2. The topological polar surface area (TPSA) is 0 Å². The highest BCUT2D eigenvalue weighted by Gasteiger charge is 1.73. The summed E-state index contributed by atoms with van der Waals surface area (Å²) in [6.45, 7) is 4.22. The van der Waals surface area contributed by atoms with Crippen molar-refractivity contribution in [3.63, 3.8) is 0 Å². The fourth-order valence-electron chi connectivity index (χ4n) is 0.759. The van der Waals surface area contributed by atoms with Crippen molar-refractivity contribution in [3.05, 3.63) is 35.8 Å². The van der Waals surface area contributed by atoms with Gasteiger partial charge >= 0.3 is 0 Å². The minimum Gasteiger partial charge on any atom is -0.0913 e. The second-order valence-electron chi connectivity index (χ2n) is 2.64. The molecule has 0 aliphatic heterocycles. The summed E-state index contributed by atoms with van der Waals surface area (Å²) in [6, 6.07) is 0. The van der Waals surface area contributed by atoms with Crippen molar-refractivity contribution >= 4 is 0 Å². The molecule has 0 saturated heterocycles. The van der Waals surface area contributed by atoms with Crippen molar-refractivity contribution in [3.8, 4) is 0 Å². The molecule has 0 aliphatic rings. The van der Waals surface area contributed by atoms with Crippen LogP contribution in [0.2, 0.25) is 0 Å². The first-order chi connectivity index (χ1) is 5.91. The number of hydrogen-bond donors (Lipinski definition) is 0. The zero-order chi connectivity index (χ0) is 9.07. The van der Waals surface area contributed by atoms with Crippen molar-refractivity contribution in [2.75, 3.05) is 0 Å². The van der Waals surface area contributed by atoms with Crippen LogP contribution < -0.4 is 0 Å². The summed E-state index contributed by atoms with van der Waals surface area (Å²) in [7, 11) is 0. The Morgan fingerprint density at radius 1 is 1.17 bits per heavy atom. The molecular weight excluding hydrogens is 144 g/mol. The molecule has 0 radical (unpaired) electrons. The van der Waals surface area contributed by atoms with Crippen molar-refractivity contribution in [2.24, 2.45) is 0 Å². The van der Waals surface area contributed by atoms with E-state index in [2.05, 4.69) is 30.5 Å². The molecular formula is C12H18. The molecule has 66 valence electrons. The van der Waals surface area contributed by atoms with Crippen LogP contribution in [-0.4, -0.2) is 0 Å². The SMILES string of the molecule is C/C=C/CC=C=C=CCCCC. The van der Waals surface area contributed by atoms with Gasteiger partial charge in [-0.15, -0.1) is 0 Å². The molecule has 0 fully saturated rings. The monoisotopic (exact) mass is 162 g/mol. The molecule has 0 saturated carbocycles. The van der Waals surface area contributed by atoms with Gasteiger partial charge in [-0.05, 0) is 38.3 Å². The summed E-state index contributed by atoms with van der Waals surface area (Å²) in [6.07, 6.45) is 12.8. The van der Waals surface area contributed by atoms with E-state index in [1.165, 1.54) is 12.8 Å². The molecule has 0 N–H and O–H groups in total. The average molecular weight is 162 g/mol. The molecule has 0 atom stereocenters. The highest BCUT2D eigenvalue weighted by molar-refractivity contribution is 4.92. The zero-order valence-corrected chi connectivity index (χ0v) is 8.14. The third kappa shape index (κ3) is 9.04. The number of allylic oxidation sites excluding steroid dienone is 4. The fraction of sp³-hybridized carbons (Fsp3) is 0.500. The van der Waals surface area contributed by atoms with Crippen molar-refractivity contribution in [1.82, 2.24) is 0 Å². The van der Waals surface area contributed by atoms with E-state index in [1.54, 1.807) is 0 Å². The minimum absolute atomic E-state index is 0.963. The Balaban J connectivity index is 3.56. The van der Waals surface area contributed by atoms with Gasteiger partial charge in [0.1, 0.15) is 0 Å². The van der Waals surface area contributed by atoms with Crippen LogP contribution in [0.5, 0.6) is 0 Å². The van der Waals surface area contributed by atoms with Crippen molar-refractivity contribution < 1.29 is 0 Å². The first-order valence-corrected chi connectivity index (χ1v) is 4.67. The summed E-state index contributed by atoms with van der Waals surface area (Å²) in [4.78, 5) is 0. The fourth-order valence-corrected chi connectivity index (χ4v) is 0.759. The lowest BCUT2D eigenvalue weighted by Crippen LogP contribution is -1.63. The minimum atomic E-state index is 0.963. The molecule has 0 unspecified atom stereocenters. The molecule has 0 aromatic carbocycles. The van der Waals surface area contributed by atoms with Gasteiger partial charge in [-0.25, -0.2) is 0 Å². The third-order valence-corrected chi connectivity index (χ3v) is 1.48. The molecule has 0 aromatic heterocycles. The first-order valence-electron chi connectivity index (χ1n) is 4.67. The predicted molar refractivity (Wildman–Crippen MR) is 55.1 cm³/mol. The Kier molecular flexibility index (Phi) is 9.24. The molecule has 0 bridgehead atoms. The number of unbranched alkanes of at least 4 members (excludes halogenated alkanes) is 2. The van der Waals surface area contributed by atoms with E-state index in [4.69, 9.17) is 0 Å². The highest BCUT2D eigenvalue weighted by atomic mass is 13.8. The van der Waals surface area contributed by atoms with Crippen LogP contribution in [0.15, 0.2) is 35.8 Å². The lowest BCUT2D eigenvalue weighted by molar-refractivity contribution is 0.815. The van der Waals surface area contributed by atoms with E-state index < -0.39 is 0 Å². The Morgan fingerprint density at radius 2 is 1.92 bits per heavy atom. The lowest BCUT2D eigenvalue weighted by Gasteiger charge is -1.82. The summed E-state index contributed by atoms with van der Waals surface area (Å²) < 4.78 is 0. The maximum Gasteiger partial charge on any atom is -0.00866 e. The van der Waals surface area contributed by atoms with E-state index in [-0.39, 0.29) is 0 Å². The van der Waals surface area contributed by atoms with Gasteiger partial charge in [0.2, 0.25) is 0 Å². The molecule has 0 heteroatoms. The Morgan fingerprint density at radius 3 is 2.58 bits per heavy atom. The number of hydrogen-bond acceptors (Lipinski definition) is 0. The summed E-state index contributed by atoms with van der Waals surface area (Å²) in [5.74, 6) is 0. The molecule has 0 heterocycles. The maximum absolute atomic E-state index is 3.01. The quantitative estimate of drug-likeness (QED) is 0.325. The van der Waals surface area contributed by atoms with Gasteiger partial charge in [0.15, 0.2) is 0 Å². The molecule has 12 heavy (non-hydrogen) atoms. The van der Waals surface area contributed by atoms with Crippen molar-refractivity contribution in [2.45, 2.75) is 39.5 Å². The van der Waals surface area contributed by atoms with Crippen LogP contribution >= 0.6 is 0 Å². The summed E-state index contributed by atoms with van der Waals surface area (Å²) in [5, 5.41) is 0. The van der Waals surface area contributed by atoms with Gasteiger partial charge in [0.05, 0.1) is 0 Å². The highest BCUT2D eigenvalue weighted by Crippen LogP contribution is 1.92. The van der Waals surface area contributed by atoms with Crippen LogP contribution in [0.1, 0.15) is 39.5 Å². The zero-order valence-electron chi connectivity index (χ0n) is 8.14. The van der Waals surface area contributed by atoms with Crippen LogP contribution in [0, 0.1) is 0 Å². The van der Waals surface area contributed by atoms with E-state index in [9.17, 15) is 0 Å². The van der Waals surface area contributed by atoms with Gasteiger partial charge in [0.25, 0.3) is 0 Å². The molecule has 0 aliphatic carbocycles. The predicted octanol–water partition coefficient (Wildman–Crippen LogP) is 4.01. The van der Waals surface area contributed by atoms with Crippen LogP contribution in [-0.2, 0) is 0 Å². The van der Waals surface area contributed by atoms with Crippen LogP contribution in [0.25, 0.3) is 0 Å². The van der Waals surface area contributed by atoms with Crippen molar-refractivity contribution in [1.29, 1.82) is 0 Å². The second-order valence-corrected chi connectivity index (χ2v) is 2.64. The largest absolute Gasteiger partial charge is 0.0913 e. The van der Waals surface area contributed by atoms with E-state index >= 15 is 0 Å². The molecule has 0 rings (SSSR count). The summed E-state index contributed by atoms with van der Waals surface area (Å²) in [5.41, 5.74) is 6.01. The second kappa shape index (κ2) is 10.0. The van der Waals surface area contributed by atoms with Gasteiger partial charge < -0.3 is 0 Å². The van der Waals surface area contributed by atoms with Gasteiger partial charge in [-0.2, -0.15) is 0 Å². The van der Waals surface area contributed by atoms with E-state index in [0.29, 0.717) is 0 Å². The van der Waals surface area contributed by atoms with E-state index in [0.717, 1.165) is 12.8 Å². The average Bonchev–Trinajstić information content (AvgIpc) is 2.10. The standard InChI is InChI=1S/C12H18/c1-3-5-7-9-11-12-10-8-6-4-2/h3,5,9-10H,4,6-8H2,1-2H3/b5-3+,10-9?. The van der Waals surface area contributed by atoms with Crippen LogP contribution in [0.3, 0.4) is 0 Å². The maximum atomic E-state index is 3.01. The Bertz CT molecular complexity index is 196. The summed E-state index contributed by atoms with van der Waals surface area (Å²) >= 11 is 0. The molecule has 0 spiro atoms. The molecule has 0 aromatic rings. The molecule has 0 amide bonds. The van der Waals surface area contributed by atoms with Gasteiger partial charge in [-0.1, -0.05) is 37.0 Å². The normalized spacial score (nSPS) is 9.17. The Labute approximate surface area is 76.0 Å². The van der Waals surface area contributed by atoms with Crippen LogP contribution in [0.4, 0.5) is 0 Å². The molecule has 0 nitrogen and oxygen atoms in total. The Hall–Kier alpha value is -0.960. The van der Waals surface area contributed by atoms with E-state index in [1.807, 2.05) is 19.1 Å². The third-order valence-electron chi connectivity index (χ3n) is 1.48. The first kappa shape index (κ1) is 11.0. The van der Waals surface area contributed by atoms with Gasteiger partial charge in [-0.3, -0.25) is 0 Å². The van der Waals surface area contributed by atoms with Gasteiger partial charge in [0, 0.05) is 0 Å². The number of rotatable bonds is 5.